The summed E-state index contributed by atoms with van der Waals surface area (Å²) in [6, 6.07) is 9.45. The number of anilines is 1. The molecule has 0 bridgehead atoms. The van der Waals surface area contributed by atoms with Crippen LogP contribution in [0, 0.1) is 0 Å². The van der Waals surface area contributed by atoms with Crippen molar-refractivity contribution in [2.24, 2.45) is 0 Å². The highest BCUT2D eigenvalue weighted by atomic mass is 35.5. The van der Waals surface area contributed by atoms with Gasteiger partial charge in [-0.25, -0.2) is 4.79 Å². The predicted molar refractivity (Wildman–Crippen MR) is 74.6 cm³/mol. The molecular weight excluding hydrogens is 286 g/mol. The van der Waals surface area contributed by atoms with Crippen LogP contribution >= 0.6 is 22.9 Å². The summed E-state index contributed by atoms with van der Waals surface area (Å²) >= 11 is 6.88. The molecule has 19 heavy (non-hydrogen) atoms. The van der Waals surface area contributed by atoms with Crippen LogP contribution in [0.3, 0.4) is 0 Å². The zero-order valence-electron chi connectivity index (χ0n) is 10.0. The number of benzene rings is 1. The quantitative estimate of drug-likeness (QED) is 0.862. The van der Waals surface area contributed by atoms with Gasteiger partial charge in [-0.1, -0.05) is 41.7 Å². The van der Waals surface area contributed by atoms with Crippen molar-refractivity contribution in [3.05, 3.63) is 40.9 Å². The molecule has 0 aliphatic heterocycles. The van der Waals surface area contributed by atoms with E-state index in [1.54, 1.807) is 0 Å². The van der Waals surface area contributed by atoms with E-state index >= 15 is 0 Å². The number of nitrogens with one attached hydrogen (secondary N) is 1. The SMILES string of the molecule is O=C(Nc1nnc(CCCl)s1)OCc1ccccc1. The molecule has 0 atom stereocenters. The fraction of sp³-hybridized carbons (Fsp3) is 0.250. The van der Waals surface area contributed by atoms with Gasteiger partial charge in [0.15, 0.2) is 0 Å². The maximum Gasteiger partial charge on any atom is 0.413 e. The molecule has 1 heterocycles. The maximum absolute atomic E-state index is 11.5. The van der Waals surface area contributed by atoms with Crippen LogP contribution in [0.25, 0.3) is 0 Å². The number of hydrogen-bond donors (Lipinski definition) is 1. The fourth-order valence-electron chi connectivity index (χ4n) is 1.33. The largest absolute Gasteiger partial charge is 0.444 e. The van der Waals surface area contributed by atoms with Crippen LogP contribution in [0.2, 0.25) is 0 Å². The third-order valence-corrected chi connectivity index (χ3v) is 3.28. The molecule has 0 unspecified atom stereocenters. The lowest BCUT2D eigenvalue weighted by Crippen LogP contribution is -2.13. The molecule has 5 nitrogen and oxygen atoms in total. The van der Waals surface area contributed by atoms with Crippen molar-refractivity contribution < 1.29 is 9.53 Å². The molecule has 0 fully saturated rings. The van der Waals surface area contributed by atoms with Crippen LogP contribution in [-0.2, 0) is 17.8 Å². The Bertz CT molecular complexity index is 533. The predicted octanol–water partition coefficient (Wildman–Crippen LogP) is 3.07. The maximum atomic E-state index is 11.5. The second-order valence-corrected chi connectivity index (χ2v) is 5.07. The van der Waals surface area contributed by atoms with Crippen molar-refractivity contribution in [2.45, 2.75) is 13.0 Å². The summed E-state index contributed by atoms with van der Waals surface area (Å²) in [4.78, 5) is 11.5. The lowest BCUT2D eigenvalue weighted by atomic mass is 10.2. The van der Waals surface area contributed by atoms with Gasteiger partial charge in [0.2, 0.25) is 5.13 Å². The summed E-state index contributed by atoms with van der Waals surface area (Å²) in [6.45, 7) is 0.222. The van der Waals surface area contributed by atoms with E-state index in [0.717, 1.165) is 10.6 Å². The van der Waals surface area contributed by atoms with Gasteiger partial charge >= 0.3 is 6.09 Å². The van der Waals surface area contributed by atoms with Gasteiger partial charge in [-0.2, -0.15) is 0 Å². The zero-order chi connectivity index (χ0) is 13.5. The average molecular weight is 298 g/mol. The van der Waals surface area contributed by atoms with Gasteiger partial charge in [0.05, 0.1) is 0 Å². The highest BCUT2D eigenvalue weighted by Gasteiger charge is 2.08. The van der Waals surface area contributed by atoms with Gasteiger partial charge in [-0.15, -0.1) is 21.8 Å². The van der Waals surface area contributed by atoms with Crippen LogP contribution < -0.4 is 5.32 Å². The molecule has 0 spiro atoms. The third kappa shape index (κ3) is 4.50. The number of carbonyl (C=O) groups excluding carboxylic acids is 1. The Hall–Kier alpha value is -1.66. The minimum atomic E-state index is -0.544. The standard InChI is InChI=1S/C12H12ClN3O2S/c13-7-6-10-15-16-11(19-10)14-12(17)18-8-9-4-2-1-3-5-9/h1-5H,6-8H2,(H,14,16,17). The molecule has 1 aromatic heterocycles. The first-order chi connectivity index (χ1) is 9.28. The summed E-state index contributed by atoms with van der Waals surface area (Å²) < 4.78 is 5.06. The minimum absolute atomic E-state index is 0.222. The Balaban J connectivity index is 1.80. The van der Waals surface area contributed by atoms with Gasteiger partial charge in [-0.05, 0) is 5.56 Å². The van der Waals surface area contributed by atoms with E-state index in [1.807, 2.05) is 30.3 Å². The molecule has 1 N–H and O–H groups in total. The van der Waals surface area contributed by atoms with Gasteiger partial charge < -0.3 is 4.74 Å². The minimum Gasteiger partial charge on any atom is -0.444 e. The summed E-state index contributed by atoms with van der Waals surface area (Å²) in [6.07, 6.45) is 0.0948. The fourth-order valence-corrected chi connectivity index (χ4v) is 2.35. The van der Waals surface area contributed by atoms with E-state index in [4.69, 9.17) is 16.3 Å². The molecule has 0 saturated heterocycles. The highest BCUT2D eigenvalue weighted by molar-refractivity contribution is 7.15. The Morgan fingerprint density at radius 1 is 1.32 bits per heavy atom. The van der Waals surface area contributed by atoms with E-state index < -0.39 is 6.09 Å². The highest BCUT2D eigenvalue weighted by Crippen LogP contribution is 2.16. The Morgan fingerprint density at radius 2 is 2.11 bits per heavy atom. The normalized spacial score (nSPS) is 10.2. The first-order valence-corrected chi connectivity index (χ1v) is 6.99. The second kappa shape index (κ2) is 7.06. The van der Waals surface area contributed by atoms with Crippen molar-refractivity contribution in [3.8, 4) is 0 Å². The van der Waals surface area contributed by atoms with Gasteiger partial charge in [-0.3, -0.25) is 5.32 Å². The molecule has 0 saturated carbocycles. The number of carbonyl (C=O) groups is 1. The van der Waals surface area contributed by atoms with Crippen molar-refractivity contribution >= 4 is 34.2 Å². The van der Waals surface area contributed by atoms with E-state index in [1.165, 1.54) is 11.3 Å². The third-order valence-electron chi connectivity index (χ3n) is 2.20. The van der Waals surface area contributed by atoms with Crippen LogP contribution in [0.15, 0.2) is 30.3 Å². The summed E-state index contributed by atoms with van der Waals surface area (Å²) in [5, 5.41) is 11.5. The molecule has 0 radical (unpaired) electrons. The molecule has 100 valence electrons. The number of hydrogen-bond acceptors (Lipinski definition) is 5. The van der Waals surface area contributed by atoms with Crippen LogP contribution in [-0.4, -0.2) is 22.2 Å². The van der Waals surface area contributed by atoms with Crippen LogP contribution in [0.4, 0.5) is 9.93 Å². The molecule has 0 aliphatic rings. The van der Waals surface area contributed by atoms with Crippen molar-refractivity contribution in [2.75, 3.05) is 11.2 Å². The molecule has 7 heteroatoms. The lowest BCUT2D eigenvalue weighted by Gasteiger charge is -2.04. The van der Waals surface area contributed by atoms with E-state index in [2.05, 4.69) is 15.5 Å². The molecule has 1 amide bonds. The Morgan fingerprint density at radius 3 is 2.84 bits per heavy atom. The molecule has 1 aromatic carbocycles. The number of rotatable bonds is 5. The van der Waals surface area contributed by atoms with Crippen LogP contribution in [0.1, 0.15) is 10.6 Å². The van der Waals surface area contributed by atoms with E-state index in [9.17, 15) is 4.79 Å². The second-order valence-electron chi connectivity index (χ2n) is 3.63. The Labute approximate surface area is 119 Å². The number of aromatic nitrogens is 2. The first-order valence-electron chi connectivity index (χ1n) is 5.64. The van der Waals surface area contributed by atoms with Crippen molar-refractivity contribution in [3.63, 3.8) is 0 Å². The van der Waals surface area contributed by atoms with Gasteiger partial charge in [0, 0.05) is 12.3 Å². The Kier molecular flexibility index (Phi) is 5.11. The molecule has 0 aliphatic carbocycles. The number of halogens is 1. The van der Waals surface area contributed by atoms with E-state index in [0.29, 0.717) is 17.4 Å². The molecule has 2 aromatic rings. The lowest BCUT2D eigenvalue weighted by molar-refractivity contribution is 0.155. The smallest absolute Gasteiger partial charge is 0.413 e. The molecular formula is C12H12ClN3O2S. The summed E-state index contributed by atoms with van der Waals surface area (Å²) in [5.41, 5.74) is 0.928. The monoisotopic (exact) mass is 297 g/mol. The number of nitrogens with zero attached hydrogens (tertiary/aromatic N) is 2. The number of ether oxygens (including phenoxy) is 1. The van der Waals surface area contributed by atoms with E-state index in [-0.39, 0.29) is 6.61 Å². The first kappa shape index (κ1) is 13.8. The topological polar surface area (TPSA) is 64.1 Å². The molecule has 2 rings (SSSR count). The summed E-state index contributed by atoms with van der Waals surface area (Å²) in [5.74, 6) is 0.479. The summed E-state index contributed by atoms with van der Waals surface area (Å²) in [7, 11) is 0. The van der Waals surface area contributed by atoms with Gasteiger partial charge in [0.1, 0.15) is 11.6 Å². The van der Waals surface area contributed by atoms with Gasteiger partial charge in [0.25, 0.3) is 0 Å². The number of amides is 1. The average Bonchev–Trinajstić information content (AvgIpc) is 2.85. The van der Waals surface area contributed by atoms with Crippen LogP contribution in [0.5, 0.6) is 0 Å². The zero-order valence-corrected chi connectivity index (χ0v) is 11.6. The number of alkyl halides is 1. The van der Waals surface area contributed by atoms with Crippen molar-refractivity contribution in [1.29, 1.82) is 0 Å². The number of aryl methyl sites for hydroxylation is 1. The van der Waals surface area contributed by atoms with Crippen molar-refractivity contribution in [1.82, 2.24) is 10.2 Å².